The van der Waals surface area contributed by atoms with Crippen molar-refractivity contribution in [1.82, 2.24) is 10.2 Å². The molecule has 1 saturated heterocycles. The van der Waals surface area contributed by atoms with E-state index in [1.807, 2.05) is 11.3 Å². The van der Waals surface area contributed by atoms with Crippen molar-refractivity contribution in [3.8, 4) is 0 Å². The molecule has 1 N–H and O–H groups in total. The monoisotopic (exact) mass is 294 g/mol. The Labute approximate surface area is 128 Å². The summed E-state index contributed by atoms with van der Waals surface area (Å²) in [7, 11) is 2.23. The lowest BCUT2D eigenvalue weighted by molar-refractivity contribution is 0.137. The second-order valence-corrected chi connectivity index (χ2v) is 8.90. The van der Waals surface area contributed by atoms with Gasteiger partial charge in [-0.2, -0.15) is 0 Å². The van der Waals surface area contributed by atoms with Crippen molar-refractivity contribution in [3.05, 3.63) is 21.9 Å². The van der Waals surface area contributed by atoms with E-state index in [2.05, 4.69) is 57.1 Å². The molecule has 0 saturated carbocycles. The van der Waals surface area contributed by atoms with Gasteiger partial charge in [0.15, 0.2) is 0 Å². The molecule has 1 aromatic heterocycles. The second-order valence-electron chi connectivity index (χ2n) is 7.73. The van der Waals surface area contributed by atoms with Crippen LogP contribution >= 0.6 is 11.3 Å². The molecular weight excluding hydrogens is 264 g/mol. The maximum Gasteiger partial charge on any atom is 0.0300 e. The molecule has 20 heavy (non-hydrogen) atoms. The standard InChI is InChI=1S/C17H30N2S/c1-16(2,3)15-7-6-14(20-15)12-18-13-17(4)8-10-19(5)11-9-17/h6-7,18H,8-13H2,1-5H3. The van der Waals surface area contributed by atoms with Gasteiger partial charge in [0.2, 0.25) is 0 Å². The highest BCUT2D eigenvalue weighted by molar-refractivity contribution is 7.12. The number of rotatable bonds is 4. The number of hydrogen-bond donors (Lipinski definition) is 1. The highest BCUT2D eigenvalue weighted by atomic mass is 32.1. The fourth-order valence-electron chi connectivity index (χ4n) is 2.70. The van der Waals surface area contributed by atoms with E-state index >= 15 is 0 Å². The summed E-state index contributed by atoms with van der Waals surface area (Å²) in [5.74, 6) is 0. The number of nitrogens with one attached hydrogen (secondary N) is 1. The van der Waals surface area contributed by atoms with Crippen LogP contribution in [0.5, 0.6) is 0 Å². The van der Waals surface area contributed by atoms with Crippen LogP contribution in [-0.2, 0) is 12.0 Å². The molecule has 1 aliphatic rings. The van der Waals surface area contributed by atoms with Gasteiger partial charge in [0.1, 0.15) is 0 Å². The van der Waals surface area contributed by atoms with E-state index < -0.39 is 0 Å². The molecule has 0 radical (unpaired) electrons. The van der Waals surface area contributed by atoms with Crippen molar-refractivity contribution in [2.45, 2.75) is 52.5 Å². The Balaban J connectivity index is 1.80. The normalized spacial score (nSPS) is 20.2. The van der Waals surface area contributed by atoms with Gasteiger partial charge in [0.05, 0.1) is 0 Å². The first kappa shape index (κ1) is 16.0. The Morgan fingerprint density at radius 3 is 2.45 bits per heavy atom. The van der Waals surface area contributed by atoms with Crippen LogP contribution in [-0.4, -0.2) is 31.6 Å². The molecule has 2 nitrogen and oxygen atoms in total. The molecule has 1 aliphatic heterocycles. The first-order chi connectivity index (χ1) is 9.28. The van der Waals surface area contributed by atoms with Crippen LogP contribution in [0.1, 0.15) is 50.3 Å². The average molecular weight is 295 g/mol. The number of hydrogen-bond acceptors (Lipinski definition) is 3. The number of likely N-dealkylation sites (tertiary alicyclic amines) is 1. The molecule has 0 aromatic carbocycles. The van der Waals surface area contributed by atoms with E-state index in [0.717, 1.165) is 13.1 Å². The lowest BCUT2D eigenvalue weighted by Gasteiger charge is -2.38. The lowest BCUT2D eigenvalue weighted by Crippen LogP contribution is -2.41. The molecule has 0 amide bonds. The van der Waals surface area contributed by atoms with Gasteiger partial charge in [-0.1, -0.05) is 27.7 Å². The Bertz CT molecular complexity index is 422. The molecule has 0 bridgehead atoms. The van der Waals surface area contributed by atoms with Crippen LogP contribution < -0.4 is 5.32 Å². The number of thiophene rings is 1. The fourth-order valence-corrected chi connectivity index (χ4v) is 3.73. The second kappa shape index (κ2) is 6.17. The zero-order valence-electron chi connectivity index (χ0n) is 13.8. The molecule has 0 unspecified atom stereocenters. The third-order valence-corrected chi connectivity index (χ3v) is 5.96. The maximum absolute atomic E-state index is 3.68. The molecule has 114 valence electrons. The smallest absolute Gasteiger partial charge is 0.0300 e. The van der Waals surface area contributed by atoms with Crippen molar-refractivity contribution in [1.29, 1.82) is 0 Å². The van der Waals surface area contributed by atoms with E-state index in [4.69, 9.17) is 0 Å². The molecule has 2 heterocycles. The van der Waals surface area contributed by atoms with Gasteiger partial charge in [0.25, 0.3) is 0 Å². The molecule has 1 aromatic rings. The van der Waals surface area contributed by atoms with E-state index in [1.165, 1.54) is 35.7 Å². The van der Waals surface area contributed by atoms with Crippen molar-refractivity contribution in [2.24, 2.45) is 5.41 Å². The van der Waals surface area contributed by atoms with Gasteiger partial charge in [0, 0.05) is 22.8 Å². The first-order valence-corrected chi connectivity index (χ1v) is 8.59. The largest absolute Gasteiger partial charge is 0.311 e. The summed E-state index contributed by atoms with van der Waals surface area (Å²) in [6, 6.07) is 4.58. The summed E-state index contributed by atoms with van der Waals surface area (Å²) in [4.78, 5) is 5.39. The molecule has 0 aliphatic carbocycles. The molecule has 1 fully saturated rings. The topological polar surface area (TPSA) is 15.3 Å². The van der Waals surface area contributed by atoms with Gasteiger partial charge in [-0.25, -0.2) is 0 Å². The zero-order valence-corrected chi connectivity index (χ0v) is 14.6. The Morgan fingerprint density at radius 1 is 1.25 bits per heavy atom. The minimum absolute atomic E-state index is 0.281. The van der Waals surface area contributed by atoms with E-state index in [1.54, 1.807) is 0 Å². The van der Waals surface area contributed by atoms with Crippen LogP contribution in [0.25, 0.3) is 0 Å². The van der Waals surface area contributed by atoms with E-state index in [9.17, 15) is 0 Å². The summed E-state index contributed by atoms with van der Waals surface area (Å²) < 4.78 is 0. The van der Waals surface area contributed by atoms with Crippen LogP contribution in [0.2, 0.25) is 0 Å². The van der Waals surface area contributed by atoms with Gasteiger partial charge < -0.3 is 10.2 Å². The maximum atomic E-state index is 3.68. The highest BCUT2D eigenvalue weighted by Crippen LogP contribution is 2.31. The molecule has 0 atom stereocenters. The molecule has 0 spiro atoms. The van der Waals surface area contributed by atoms with Crippen LogP contribution in [0.15, 0.2) is 12.1 Å². The predicted octanol–water partition coefficient (Wildman–Crippen LogP) is 3.87. The molecular formula is C17H30N2S. The zero-order chi connectivity index (χ0) is 14.8. The minimum atomic E-state index is 0.281. The summed E-state index contributed by atoms with van der Waals surface area (Å²) >= 11 is 1.95. The van der Waals surface area contributed by atoms with Crippen LogP contribution in [0.4, 0.5) is 0 Å². The predicted molar refractivity (Wildman–Crippen MR) is 89.6 cm³/mol. The van der Waals surface area contributed by atoms with Gasteiger partial charge in [-0.3, -0.25) is 0 Å². The van der Waals surface area contributed by atoms with Crippen molar-refractivity contribution in [2.75, 3.05) is 26.7 Å². The van der Waals surface area contributed by atoms with Crippen molar-refractivity contribution < 1.29 is 0 Å². The van der Waals surface area contributed by atoms with Gasteiger partial charge in [-0.15, -0.1) is 11.3 Å². The third kappa shape index (κ3) is 4.31. The highest BCUT2D eigenvalue weighted by Gasteiger charge is 2.28. The number of piperidine rings is 1. The Kier molecular flexibility index (Phi) is 4.93. The first-order valence-electron chi connectivity index (χ1n) is 7.77. The van der Waals surface area contributed by atoms with Crippen LogP contribution in [0, 0.1) is 5.41 Å². The van der Waals surface area contributed by atoms with Crippen molar-refractivity contribution in [3.63, 3.8) is 0 Å². The molecule has 3 heteroatoms. The lowest BCUT2D eigenvalue weighted by atomic mass is 9.80. The number of nitrogens with zero attached hydrogens (tertiary/aromatic N) is 1. The minimum Gasteiger partial charge on any atom is -0.311 e. The Hall–Kier alpha value is -0.380. The summed E-state index contributed by atoms with van der Waals surface area (Å²) in [5, 5.41) is 3.68. The Morgan fingerprint density at radius 2 is 1.90 bits per heavy atom. The van der Waals surface area contributed by atoms with Gasteiger partial charge >= 0.3 is 0 Å². The summed E-state index contributed by atoms with van der Waals surface area (Å²) in [5.41, 5.74) is 0.763. The third-order valence-electron chi connectivity index (χ3n) is 4.45. The molecule has 2 rings (SSSR count). The van der Waals surface area contributed by atoms with Gasteiger partial charge in [-0.05, 0) is 55.9 Å². The fraction of sp³-hybridized carbons (Fsp3) is 0.765. The average Bonchev–Trinajstić information content (AvgIpc) is 2.82. The van der Waals surface area contributed by atoms with Crippen molar-refractivity contribution >= 4 is 11.3 Å². The van der Waals surface area contributed by atoms with E-state index in [-0.39, 0.29) is 5.41 Å². The van der Waals surface area contributed by atoms with E-state index in [0.29, 0.717) is 5.41 Å². The quantitative estimate of drug-likeness (QED) is 0.907. The summed E-state index contributed by atoms with van der Waals surface area (Å²) in [6.45, 7) is 13.9. The van der Waals surface area contributed by atoms with Crippen LogP contribution in [0.3, 0.4) is 0 Å². The summed E-state index contributed by atoms with van der Waals surface area (Å²) in [6.07, 6.45) is 2.63. The SMILES string of the molecule is CN1CCC(C)(CNCc2ccc(C(C)(C)C)s2)CC1.